The third-order valence-corrected chi connectivity index (χ3v) is 6.57. The van der Waals surface area contributed by atoms with Gasteiger partial charge in [0.1, 0.15) is 29.7 Å². The Bertz CT molecular complexity index is 1380. The van der Waals surface area contributed by atoms with Crippen molar-refractivity contribution in [3.8, 4) is 11.5 Å². The fourth-order valence-corrected chi connectivity index (χ4v) is 4.58. The van der Waals surface area contributed by atoms with E-state index in [2.05, 4.69) is 0 Å². The monoisotopic (exact) mass is 519 g/mol. The maximum atomic E-state index is 13.3. The topological polar surface area (TPSA) is 85.3 Å². The zero-order valence-electron chi connectivity index (χ0n) is 21.8. The fraction of sp³-hybridized carbons (Fsp3) is 0.267. The predicted octanol–water partition coefficient (Wildman–Crippen LogP) is 5.10. The third kappa shape index (κ3) is 5.40. The first-order valence-corrected chi connectivity index (χ1v) is 12.1. The van der Waals surface area contributed by atoms with Gasteiger partial charge in [0.2, 0.25) is 0 Å². The van der Waals surface area contributed by atoms with Gasteiger partial charge in [-0.1, -0.05) is 24.3 Å². The smallest absolute Gasteiger partial charge is 0.295 e. The van der Waals surface area contributed by atoms with Gasteiger partial charge in [0.25, 0.3) is 11.7 Å². The van der Waals surface area contributed by atoms with Crippen LogP contribution in [0.4, 0.5) is 4.39 Å². The number of ether oxygens (including phenoxy) is 3. The number of hydrogen-bond donors (Lipinski definition) is 1. The lowest BCUT2D eigenvalue weighted by molar-refractivity contribution is -0.140. The molecule has 0 aromatic heterocycles. The number of halogens is 1. The largest absolute Gasteiger partial charge is 0.507 e. The average molecular weight is 520 g/mol. The number of benzene rings is 3. The van der Waals surface area contributed by atoms with E-state index in [1.807, 2.05) is 6.92 Å². The molecular weight excluding hydrogens is 489 g/mol. The molecule has 1 fully saturated rings. The summed E-state index contributed by atoms with van der Waals surface area (Å²) in [7, 11) is 3.08. The molecule has 38 heavy (non-hydrogen) atoms. The highest BCUT2D eigenvalue weighted by atomic mass is 19.1. The Hall–Kier alpha value is -4.17. The molecule has 0 radical (unpaired) electrons. The zero-order valence-corrected chi connectivity index (χ0v) is 21.8. The van der Waals surface area contributed by atoms with Crippen LogP contribution in [-0.2, 0) is 20.9 Å². The number of aryl methyl sites for hydroxylation is 2. The van der Waals surface area contributed by atoms with E-state index in [0.29, 0.717) is 28.2 Å². The number of methoxy groups -OCH3 is 2. The van der Waals surface area contributed by atoms with E-state index in [0.717, 1.165) is 11.1 Å². The standard InChI is InChI=1S/C30H30FNO6/c1-18-15-25(37-4)19(2)14-24(18)28(33)26-27(32(12-13-36-3)30(35)29(26)34)21-6-5-7-23(16-21)38-17-20-8-10-22(31)11-9-20/h5-11,14-16,27,33H,12-13,17H2,1-4H3/b28-26+. The van der Waals surface area contributed by atoms with Crippen molar-refractivity contribution in [2.45, 2.75) is 26.5 Å². The van der Waals surface area contributed by atoms with Crippen LogP contribution in [0.15, 0.2) is 66.2 Å². The van der Waals surface area contributed by atoms with Crippen LogP contribution in [0.3, 0.4) is 0 Å². The second-order valence-corrected chi connectivity index (χ2v) is 9.11. The summed E-state index contributed by atoms with van der Waals surface area (Å²) in [5.41, 5.74) is 3.30. The second kappa shape index (κ2) is 11.5. The van der Waals surface area contributed by atoms with Crippen molar-refractivity contribution >= 4 is 17.4 Å². The number of carbonyl (C=O) groups is 2. The molecule has 198 valence electrons. The number of carbonyl (C=O) groups excluding carboxylic acids is 2. The first-order valence-electron chi connectivity index (χ1n) is 12.1. The Morgan fingerprint density at radius 3 is 2.42 bits per heavy atom. The summed E-state index contributed by atoms with van der Waals surface area (Å²) in [5.74, 6) is -0.913. The number of amides is 1. The van der Waals surface area contributed by atoms with E-state index in [9.17, 15) is 19.1 Å². The predicted molar refractivity (Wildman–Crippen MR) is 141 cm³/mol. The number of nitrogens with zero attached hydrogens (tertiary/aromatic N) is 1. The number of ketones is 1. The fourth-order valence-electron chi connectivity index (χ4n) is 4.58. The summed E-state index contributed by atoms with van der Waals surface area (Å²) in [6, 6.07) is 15.7. The summed E-state index contributed by atoms with van der Waals surface area (Å²) in [4.78, 5) is 27.8. The molecule has 7 nitrogen and oxygen atoms in total. The van der Waals surface area contributed by atoms with Gasteiger partial charge in [-0.05, 0) is 72.5 Å². The lowest BCUT2D eigenvalue weighted by Crippen LogP contribution is -2.32. The number of aliphatic hydroxyl groups excluding tert-OH is 1. The first kappa shape index (κ1) is 26.9. The van der Waals surface area contributed by atoms with Crippen molar-refractivity contribution in [3.05, 3.63) is 99.9 Å². The molecule has 1 N–H and O–H groups in total. The molecule has 1 aliphatic rings. The Morgan fingerprint density at radius 1 is 1.00 bits per heavy atom. The van der Waals surface area contributed by atoms with E-state index in [-0.39, 0.29) is 36.9 Å². The molecule has 8 heteroatoms. The van der Waals surface area contributed by atoms with Crippen LogP contribution < -0.4 is 9.47 Å². The number of Topliss-reactive ketones (excluding diaryl/α,β-unsaturated/α-hetero) is 1. The Morgan fingerprint density at radius 2 is 1.74 bits per heavy atom. The highest BCUT2D eigenvalue weighted by Crippen LogP contribution is 2.41. The Labute approximate surface area is 221 Å². The van der Waals surface area contributed by atoms with Crippen molar-refractivity contribution in [3.63, 3.8) is 0 Å². The summed E-state index contributed by atoms with van der Waals surface area (Å²) in [5, 5.41) is 11.4. The van der Waals surface area contributed by atoms with Crippen LogP contribution in [0.2, 0.25) is 0 Å². The van der Waals surface area contributed by atoms with E-state index in [1.54, 1.807) is 62.6 Å². The molecule has 1 amide bonds. The highest BCUT2D eigenvalue weighted by molar-refractivity contribution is 6.46. The SMILES string of the molecule is COCCN1C(=O)C(=O)/C(=C(/O)c2cc(C)c(OC)cc2C)C1c1cccc(OCc2ccc(F)cc2)c1. The highest BCUT2D eigenvalue weighted by Gasteiger charge is 2.46. The van der Waals surface area contributed by atoms with E-state index >= 15 is 0 Å². The van der Waals surface area contributed by atoms with E-state index in [4.69, 9.17) is 14.2 Å². The molecule has 0 spiro atoms. The Balaban J connectivity index is 1.76. The van der Waals surface area contributed by atoms with Gasteiger partial charge in [-0.3, -0.25) is 9.59 Å². The molecule has 1 unspecified atom stereocenters. The van der Waals surface area contributed by atoms with Gasteiger partial charge in [-0.2, -0.15) is 0 Å². The average Bonchev–Trinajstić information content (AvgIpc) is 3.17. The number of hydrogen-bond acceptors (Lipinski definition) is 6. The zero-order chi connectivity index (χ0) is 27.4. The van der Waals surface area contributed by atoms with Gasteiger partial charge < -0.3 is 24.2 Å². The minimum absolute atomic E-state index is 0.00513. The maximum absolute atomic E-state index is 13.3. The lowest BCUT2D eigenvalue weighted by atomic mass is 9.93. The van der Waals surface area contributed by atoms with Crippen molar-refractivity contribution in [1.82, 2.24) is 4.90 Å². The van der Waals surface area contributed by atoms with Gasteiger partial charge in [0, 0.05) is 19.2 Å². The number of aliphatic hydroxyl groups is 1. The summed E-state index contributed by atoms with van der Waals surface area (Å²) >= 11 is 0. The molecule has 3 aromatic rings. The van der Waals surface area contributed by atoms with Crippen LogP contribution in [0.1, 0.15) is 33.9 Å². The van der Waals surface area contributed by atoms with Gasteiger partial charge in [-0.15, -0.1) is 0 Å². The van der Waals surface area contributed by atoms with Crippen LogP contribution in [-0.4, -0.2) is 49.1 Å². The molecule has 1 aliphatic heterocycles. The first-order chi connectivity index (χ1) is 18.2. The van der Waals surface area contributed by atoms with Crippen LogP contribution in [0, 0.1) is 19.7 Å². The minimum atomic E-state index is -0.846. The van der Waals surface area contributed by atoms with Gasteiger partial charge in [-0.25, -0.2) is 4.39 Å². The van der Waals surface area contributed by atoms with Gasteiger partial charge in [0.15, 0.2) is 0 Å². The quantitative estimate of drug-likeness (QED) is 0.241. The van der Waals surface area contributed by atoms with Gasteiger partial charge >= 0.3 is 0 Å². The molecule has 1 heterocycles. The second-order valence-electron chi connectivity index (χ2n) is 9.11. The molecule has 0 bridgehead atoms. The van der Waals surface area contributed by atoms with Crippen LogP contribution in [0.25, 0.3) is 5.76 Å². The van der Waals surface area contributed by atoms with E-state index in [1.165, 1.54) is 24.1 Å². The van der Waals surface area contributed by atoms with Crippen LogP contribution in [0.5, 0.6) is 11.5 Å². The van der Waals surface area contributed by atoms with Crippen molar-refractivity contribution < 1.29 is 33.3 Å². The third-order valence-electron chi connectivity index (χ3n) is 6.57. The number of likely N-dealkylation sites (tertiary alicyclic amines) is 1. The minimum Gasteiger partial charge on any atom is -0.507 e. The van der Waals surface area contributed by atoms with Crippen molar-refractivity contribution in [2.75, 3.05) is 27.4 Å². The van der Waals surface area contributed by atoms with Crippen molar-refractivity contribution in [1.29, 1.82) is 0 Å². The van der Waals surface area contributed by atoms with Crippen molar-refractivity contribution in [2.24, 2.45) is 0 Å². The molecule has 0 saturated carbocycles. The molecule has 3 aromatic carbocycles. The summed E-state index contributed by atoms with van der Waals surface area (Å²) < 4.78 is 29.7. The summed E-state index contributed by atoms with van der Waals surface area (Å²) in [6.07, 6.45) is 0. The molecule has 1 atom stereocenters. The lowest BCUT2D eigenvalue weighted by Gasteiger charge is -2.25. The molecule has 4 rings (SSSR count). The normalized spacial score (nSPS) is 16.7. The Kier molecular flexibility index (Phi) is 8.12. The molecular formula is C30H30FNO6. The maximum Gasteiger partial charge on any atom is 0.295 e. The van der Waals surface area contributed by atoms with E-state index < -0.39 is 17.7 Å². The number of rotatable bonds is 9. The molecule has 0 aliphatic carbocycles. The van der Waals surface area contributed by atoms with Gasteiger partial charge in [0.05, 0.1) is 25.3 Å². The summed E-state index contributed by atoms with van der Waals surface area (Å²) in [6.45, 7) is 4.22. The van der Waals surface area contributed by atoms with Crippen LogP contribution >= 0.6 is 0 Å². The molecule has 1 saturated heterocycles.